The SMILES string of the molecule is C/C=C\C1=C(C)CC2(CC2)N1C(C=O)CCC(=O)NC. The molecule has 20 heavy (non-hydrogen) atoms. The van der Waals surface area contributed by atoms with Crippen LogP contribution in [0.1, 0.15) is 46.0 Å². The first-order valence-electron chi connectivity index (χ1n) is 7.35. The van der Waals surface area contributed by atoms with Crippen molar-refractivity contribution in [3.05, 3.63) is 23.4 Å². The second-order valence-corrected chi connectivity index (χ2v) is 5.85. The van der Waals surface area contributed by atoms with E-state index in [4.69, 9.17) is 0 Å². The Morgan fingerprint density at radius 2 is 2.20 bits per heavy atom. The monoisotopic (exact) mass is 276 g/mol. The Kier molecular flexibility index (Phi) is 4.31. The molecule has 0 bridgehead atoms. The minimum Gasteiger partial charge on any atom is -0.359 e. The van der Waals surface area contributed by atoms with Gasteiger partial charge >= 0.3 is 0 Å². The first-order chi connectivity index (χ1) is 9.57. The van der Waals surface area contributed by atoms with E-state index in [1.165, 1.54) is 11.3 Å². The number of hydrogen-bond acceptors (Lipinski definition) is 3. The number of nitrogens with zero attached hydrogens (tertiary/aromatic N) is 1. The molecule has 2 aliphatic rings. The molecule has 1 aliphatic carbocycles. The molecule has 0 aromatic heterocycles. The minimum atomic E-state index is -0.196. The number of rotatable bonds is 6. The van der Waals surface area contributed by atoms with E-state index >= 15 is 0 Å². The van der Waals surface area contributed by atoms with Crippen LogP contribution in [0.3, 0.4) is 0 Å². The van der Waals surface area contributed by atoms with E-state index in [1.807, 2.05) is 13.0 Å². The summed E-state index contributed by atoms with van der Waals surface area (Å²) < 4.78 is 0. The highest BCUT2D eigenvalue weighted by Gasteiger charge is 2.54. The maximum Gasteiger partial charge on any atom is 0.219 e. The van der Waals surface area contributed by atoms with E-state index in [-0.39, 0.29) is 17.5 Å². The molecule has 2 rings (SSSR count). The van der Waals surface area contributed by atoms with Crippen LogP contribution in [0.25, 0.3) is 0 Å². The summed E-state index contributed by atoms with van der Waals surface area (Å²) in [4.78, 5) is 25.2. The van der Waals surface area contributed by atoms with Crippen molar-refractivity contribution in [1.82, 2.24) is 10.2 Å². The van der Waals surface area contributed by atoms with Gasteiger partial charge in [0, 0.05) is 24.7 Å². The summed E-state index contributed by atoms with van der Waals surface area (Å²) in [6, 6.07) is -0.196. The predicted octanol–water partition coefficient (Wildman–Crippen LogP) is 2.17. The number of amides is 1. The molecule has 0 aromatic rings. The van der Waals surface area contributed by atoms with Crippen LogP contribution in [-0.2, 0) is 9.59 Å². The Morgan fingerprint density at radius 3 is 2.70 bits per heavy atom. The maximum absolute atomic E-state index is 11.5. The lowest BCUT2D eigenvalue weighted by molar-refractivity contribution is -0.121. The van der Waals surface area contributed by atoms with Gasteiger partial charge in [0.25, 0.3) is 0 Å². The molecule has 1 aliphatic heterocycles. The van der Waals surface area contributed by atoms with Gasteiger partial charge in [-0.1, -0.05) is 6.08 Å². The third-order valence-corrected chi connectivity index (χ3v) is 4.39. The molecule has 0 saturated heterocycles. The van der Waals surface area contributed by atoms with Gasteiger partial charge in [0.05, 0.1) is 6.04 Å². The highest BCUT2D eigenvalue weighted by molar-refractivity contribution is 5.76. The molecular formula is C16H24N2O2. The number of allylic oxidation sites excluding steroid dienone is 2. The van der Waals surface area contributed by atoms with Crippen LogP contribution in [0.5, 0.6) is 0 Å². The second kappa shape index (κ2) is 5.81. The quantitative estimate of drug-likeness (QED) is 0.756. The van der Waals surface area contributed by atoms with Gasteiger partial charge in [-0.15, -0.1) is 0 Å². The van der Waals surface area contributed by atoms with Crippen molar-refractivity contribution in [2.75, 3.05) is 7.05 Å². The van der Waals surface area contributed by atoms with Gasteiger partial charge in [-0.25, -0.2) is 0 Å². The fourth-order valence-electron chi connectivity index (χ4n) is 3.27. The molecule has 1 unspecified atom stereocenters. The molecule has 1 atom stereocenters. The molecule has 110 valence electrons. The van der Waals surface area contributed by atoms with Crippen molar-refractivity contribution >= 4 is 12.2 Å². The molecule has 0 aromatic carbocycles. The molecule has 1 spiro atoms. The first kappa shape index (κ1) is 14.8. The molecule has 1 N–H and O–H groups in total. The fraction of sp³-hybridized carbons (Fsp3) is 0.625. The van der Waals surface area contributed by atoms with E-state index in [2.05, 4.69) is 23.2 Å². The van der Waals surface area contributed by atoms with Crippen molar-refractivity contribution < 1.29 is 9.59 Å². The number of aldehydes is 1. The average molecular weight is 276 g/mol. The summed E-state index contributed by atoms with van der Waals surface area (Å²) in [7, 11) is 1.63. The molecule has 1 fully saturated rings. The largest absolute Gasteiger partial charge is 0.359 e. The topological polar surface area (TPSA) is 49.4 Å². The van der Waals surface area contributed by atoms with Crippen LogP contribution in [-0.4, -0.2) is 35.7 Å². The second-order valence-electron chi connectivity index (χ2n) is 5.85. The summed E-state index contributed by atoms with van der Waals surface area (Å²) in [6.45, 7) is 4.15. The third kappa shape index (κ3) is 2.65. The molecule has 0 radical (unpaired) electrons. The summed E-state index contributed by atoms with van der Waals surface area (Å²) in [6.07, 6.45) is 9.45. The van der Waals surface area contributed by atoms with E-state index in [1.54, 1.807) is 7.05 Å². The summed E-state index contributed by atoms with van der Waals surface area (Å²) in [5, 5.41) is 2.62. The Morgan fingerprint density at radius 1 is 1.50 bits per heavy atom. The zero-order valence-corrected chi connectivity index (χ0v) is 12.6. The highest BCUT2D eigenvalue weighted by Crippen LogP contribution is 2.54. The first-order valence-corrected chi connectivity index (χ1v) is 7.35. The van der Waals surface area contributed by atoms with E-state index in [0.29, 0.717) is 12.8 Å². The smallest absolute Gasteiger partial charge is 0.219 e. The number of carbonyl (C=O) groups excluding carboxylic acids is 2. The van der Waals surface area contributed by atoms with Gasteiger partial charge in [0.15, 0.2) is 0 Å². The van der Waals surface area contributed by atoms with Gasteiger partial charge in [0.2, 0.25) is 5.91 Å². The maximum atomic E-state index is 11.5. The Hall–Kier alpha value is -1.58. The zero-order valence-electron chi connectivity index (χ0n) is 12.6. The van der Waals surface area contributed by atoms with Crippen LogP contribution in [0.2, 0.25) is 0 Å². The number of nitrogens with one attached hydrogen (secondary N) is 1. The normalized spacial score (nSPS) is 21.6. The van der Waals surface area contributed by atoms with Crippen LogP contribution >= 0.6 is 0 Å². The van der Waals surface area contributed by atoms with Crippen molar-refractivity contribution in [1.29, 1.82) is 0 Å². The summed E-state index contributed by atoms with van der Waals surface area (Å²) in [5.74, 6) is -0.00539. The lowest BCUT2D eigenvalue weighted by Gasteiger charge is -2.34. The van der Waals surface area contributed by atoms with Crippen LogP contribution in [0.4, 0.5) is 0 Å². The third-order valence-electron chi connectivity index (χ3n) is 4.39. The molecule has 4 heteroatoms. The van der Waals surface area contributed by atoms with Crippen molar-refractivity contribution in [3.63, 3.8) is 0 Å². The average Bonchev–Trinajstić information content (AvgIpc) is 3.15. The minimum absolute atomic E-state index is 0.00539. The Labute approximate surface area is 120 Å². The Balaban J connectivity index is 2.17. The predicted molar refractivity (Wildman–Crippen MR) is 79.1 cm³/mol. The molecule has 1 heterocycles. The molecule has 1 saturated carbocycles. The van der Waals surface area contributed by atoms with E-state index in [0.717, 1.165) is 25.5 Å². The zero-order chi connectivity index (χ0) is 14.8. The lowest BCUT2D eigenvalue weighted by Crippen LogP contribution is -2.42. The van der Waals surface area contributed by atoms with E-state index in [9.17, 15) is 9.59 Å². The van der Waals surface area contributed by atoms with Crippen LogP contribution in [0.15, 0.2) is 23.4 Å². The summed E-state index contributed by atoms with van der Waals surface area (Å²) in [5.41, 5.74) is 2.69. The van der Waals surface area contributed by atoms with Crippen molar-refractivity contribution in [3.8, 4) is 0 Å². The molecule has 1 amide bonds. The summed E-state index contributed by atoms with van der Waals surface area (Å²) >= 11 is 0. The van der Waals surface area contributed by atoms with E-state index < -0.39 is 0 Å². The van der Waals surface area contributed by atoms with Gasteiger partial charge in [-0.3, -0.25) is 4.79 Å². The van der Waals surface area contributed by atoms with Crippen LogP contribution < -0.4 is 5.32 Å². The fourth-order valence-corrected chi connectivity index (χ4v) is 3.27. The molecular weight excluding hydrogens is 252 g/mol. The number of carbonyl (C=O) groups is 2. The Bertz CT molecular complexity index is 461. The van der Waals surface area contributed by atoms with Crippen LogP contribution in [0, 0.1) is 0 Å². The van der Waals surface area contributed by atoms with Gasteiger partial charge in [-0.05, 0) is 51.2 Å². The van der Waals surface area contributed by atoms with Gasteiger partial charge in [0.1, 0.15) is 6.29 Å². The highest BCUT2D eigenvalue weighted by atomic mass is 16.1. The standard InChI is InChI=1S/C16H24N2O2/c1-4-5-14-12(2)10-16(8-9-16)18(14)13(11-19)6-7-15(20)17-3/h4-5,11,13H,6-10H2,1-3H3,(H,17,20)/b5-4-. The van der Waals surface area contributed by atoms with Crippen molar-refractivity contribution in [2.45, 2.75) is 57.5 Å². The van der Waals surface area contributed by atoms with Gasteiger partial charge in [-0.2, -0.15) is 0 Å². The molecule has 4 nitrogen and oxygen atoms in total. The lowest BCUT2D eigenvalue weighted by atomic mass is 10.1. The van der Waals surface area contributed by atoms with Gasteiger partial charge < -0.3 is 15.0 Å². The van der Waals surface area contributed by atoms with Crippen molar-refractivity contribution in [2.24, 2.45) is 0 Å². The number of hydrogen-bond donors (Lipinski definition) is 1.